The summed E-state index contributed by atoms with van der Waals surface area (Å²) in [5.74, 6) is -0.833. The predicted molar refractivity (Wildman–Crippen MR) is 99.7 cm³/mol. The van der Waals surface area contributed by atoms with Gasteiger partial charge in [0.1, 0.15) is 17.2 Å². The molecule has 134 valence electrons. The standard InChI is InChI=1S/C19H21N5O2/c1-13(2)21-17-10-6-7-11-23(17)19(26)15-12-16(18(20)25)24(22-15)14-8-4-3-5-9-14/h3-11,13,16H,12H2,1-2H3,(H2,20,25). The molecule has 1 atom stereocenters. The average molecular weight is 351 g/mol. The molecule has 0 radical (unpaired) electrons. The molecular formula is C19H21N5O2. The van der Waals surface area contributed by atoms with Crippen LogP contribution >= 0.6 is 0 Å². The van der Waals surface area contributed by atoms with Crippen molar-refractivity contribution in [2.45, 2.75) is 32.4 Å². The fourth-order valence-electron chi connectivity index (χ4n) is 2.79. The fraction of sp³-hybridized carbons (Fsp3) is 0.263. The van der Waals surface area contributed by atoms with Crippen LogP contribution in [0.1, 0.15) is 25.1 Å². The van der Waals surface area contributed by atoms with Crippen molar-refractivity contribution in [3.63, 3.8) is 0 Å². The van der Waals surface area contributed by atoms with Crippen LogP contribution in [0.25, 0.3) is 0 Å². The number of hydrazone groups is 1. The predicted octanol–water partition coefficient (Wildman–Crippen LogP) is 1.56. The molecule has 0 spiro atoms. The Labute approximate surface area is 151 Å². The molecule has 0 bridgehead atoms. The van der Waals surface area contributed by atoms with E-state index in [1.165, 1.54) is 9.58 Å². The van der Waals surface area contributed by atoms with E-state index in [-0.39, 0.29) is 24.1 Å². The van der Waals surface area contributed by atoms with E-state index in [0.29, 0.717) is 11.2 Å². The minimum Gasteiger partial charge on any atom is -0.368 e. The van der Waals surface area contributed by atoms with Gasteiger partial charge in [-0.15, -0.1) is 0 Å². The van der Waals surface area contributed by atoms with Crippen molar-refractivity contribution in [1.29, 1.82) is 0 Å². The molecule has 2 heterocycles. The van der Waals surface area contributed by atoms with Crippen LogP contribution in [0.2, 0.25) is 0 Å². The number of benzene rings is 1. The number of carbonyl (C=O) groups is 2. The van der Waals surface area contributed by atoms with Gasteiger partial charge in [-0.2, -0.15) is 5.10 Å². The summed E-state index contributed by atoms with van der Waals surface area (Å²) in [6.07, 6.45) is 1.81. The molecule has 0 saturated heterocycles. The van der Waals surface area contributed by atoms with Crippen LogP contribution in [0.4, 0.5) is 5.69 Å². The van der Waals surface area contributed by atoms with E-state index in [2.05, 4.69) is 10.1 Å². The Morgan fingerprint density at radius 1 is 1.15 bits per heavy atom. The SMILES string of the molecule is CC(C)N=c1ccccn1C(=O)C1=NN(c2ccccc2)C(C(N)=O)C1. The molecule has 1 aromatic heterocycles. The molecule has 1 unspecified atom stereocenters. The normalized spacial score (nSPS) is 17.5. The van der Waals surface area contributed by atoms with Crippen LogP contribution in [0.3, 0.4) is 0 Å². The van der Waals surface area contributed by atoms with Gasteiger partial charge in [0.2, 0.25) is 5.91 Å². The van der Waals surface area contributed by atoms with Crippen LogP contribution in [0.5, 0.6) is 0 Å². The van der Waals surface area contributed by atoms with E-state index in [9.17, 15) is 9.59 Å². The Morgan fingerprint density at radius 2 is 1.85 bits per heavy atom. The Balaban J connectivity index is 2.00. The summed E-state index contributed by atoms with van der Waals surface area (Å²) in [6, 6.07) is 13.9. The zero-order valence-electron chi connectivity index (χ0n) is 14.7. The smallest absolute Gasteiger partial charge is 0.279 e. The van der Waals surface area contributed by atoms with E-state index >= 15 is 0 Å². The van der Waals surface area contributed by atoms with Crippen molar-refractivity contribution in [3.8, 4) is 0 Å². The molecule has 2 aromatic rings. The first-order valence-corrected chi connectivity index (χ1v) is 8.44. The monoisotopic (exact) mass is 351 g/mol. The van der Waals surface area contributed by atoms with E-state index < -0.39 is 11.9 Å². The molecule has 1 aliphatic heterocycles. The fourth-order valence-corrected chi connectivity index (χ4v) is 2.79. The summed E-state index contributed by atoms with van der Waals surface area (Å²) >= 11 is 0. The molecule has 0 saturated carbocycles. The third-order valence-corrected chi connectivity index (χ3v) is 3.95. The Bertz CT molecular complexity index is 915. The molecule has 1 amide bonds. The molecule has 0 fully saturated rings. The summed E-state index contributed by atoms with van der Waals surface area (Å²) in [5.41, 5.74) is 7.06. The third kappa shape index (κ3) is 3.56. The molecule has 0 aliphatic carbocycles. The van der Waals surface area contributed by atoms with Gasteiger partial charge in [-0.05, 0) is 38.1 Å². The summed E-state index contributed by atoms with van der Waals surface area (Å²) in [4.78, 5) is 29.3. The topological polar surface area (TPSA) is 93.1 Å². The maximum atomic E-state index is 13.0. The first-order valence-electron chi connectivity index (χ1n) is 8.44. The number of para-hydroxylation sites is 1. The van der Waals surface area contributed by atoms with Crippen molar-refractivity contribution >= 4 is 23.2 Å². The van der Waals surface area contributed by atoms with Gasteiger partial charge in [-0.25, -0.2) is 0 Å². The van der Waals surface area contributed by atoms with Gasteiger partial charge in [-0.1, -0.05) is 24.3 Å². The molecule has 2 N–H and O–H groups in total. The Kier molecular flexibility index (Phi) is 4.97. The highest BCUT2D eigenvalue weighted by atomic mass is 16.2. The first-order chi connectivity index (χ1) is 12.5. The van der Waals surface area contributed by atoms with Crippen molar-refractivity contribution in [2.75, 3.05) is 5.01 Å². The molecule has 1 aromatic carbocycles. The molecule has 7 heteroatoms. The van der Waals surface area contributed by atoms with Gasteiger partial charge in [0, 0.05) is 18.7 Å². The van der Waals surface area contributed by atoms with Crippen LogP contribution in [0, 0.1) is 0 Å². The van der Waals surface area contributed by atoms with Gasteiger partial charge in [0.15, 0.2) is 0 Å². The maximum Gasteiger partial charge on any atom is 0.279 e. The second-order valence-electron chi connectivity index (χ2n) is 6.31. The number of pyridine rings is 1. The molecule has 3 rings (SSSR count). The second-order valence-corrected chi connectivity index (χ2v) is 6.31. The first kappa shape index (κ1) is 17.6. The van der Waals surface area contributed by atoms with Gasteiger partial charge < -0.3 is 5.73 Å². The lowest BCUT2D eigenvalue weighted by Gasteiger charge is -2.20. The minimum atomic E-state index is -0.689. The number of rotatable bonds is 4. The molecular weight excluding hydrogens is 330 g/mol. The number of primary amides is 1. The van der Waals surface area contributed by atoms with E-state index in [1.807, 2.05) is 50.2 Å². The quantitative estimate of drug-likeness (QED) is 0.906. The number of nitrogens with two attached hydrogens (primary N) is 1. The average Bonchev–Trinajstić information content (AvgIpc) is 3.07. The molecule has 7 nitrogen and oxygen atoms in total. The summed E-state index contributed by atoms with van der Waals surface area (Å²) < 4.78 is 1.45. The van der Waals surface area contributed by atoms with Crippen molar-refractivity contribution in [1.82, 2.24) is 4.57 Å². The summed E-state index contributed by atoms with van der Waals surface area (Å²) in [5, 5.41) is 5.91. The number of aromatic nitrogens is 1. The number of hydrogen-bond acceptors (Lipinski definition) is 5. The van der Waals surface area contributed by atoms with E-state index in [0.717, 1.165) is 0 Å². The van der Waals surface area contributed by atoms with Crippen molar-refractivity contribution in [3.05, 3.63) is 60.2 Å². The summed E-state index contributed by atoms with van der Waals surface area (Å²) in [7, 11) is 0. The largest absolute Gasteiger partial charge is 0.368 e. The number of carbonyl (C=O) groups excluding carboxylic acids is 2. The lowest BCUT2D eigenvalue weighted by molar-refractivity contribution is -0.119. The zero-order valence-corrected chi connectivity index (χ0v) is 14.7. The van der Waals surface area contributed by atoms with Gasteiger partial charge in [0.05, 0.1) is 5.69 Å². The van der Waals surface area contributed by atoms with E-state index in [1.54, 1.807) is 18.3 Å². The van der Waals surface area contributed by atoms with Crippen LogP contribution < -0.4 is 16.2 Å². The van der Waals surface area contributed by atoms with Crippen LogP contribution in [-0.2, 0) is 4.79 Å². The van der Waals surface area contributed by atoms with Crippen LogP contribution in [0.15, 0.2) is 64.8 Å². The molecule has 1 aliphatic rings. The third-order valence-electron chi connectivity index (χ3n) is 3.95. The summed E-state index contributed by atoms with van der Waals surface area (Å²) in [6.45, 7) is 3.88. The highest BCUT2D eigenvalue weighted by Gasteiger charge is 2.35. The number of nitrogens with zero attached hydrogens (tertiary/aromatic N) is 4. The number of hydrogen-bond donors (Lipinski definition) is 1. The van der Waals surface area contributed by atoms with Gasteiger partial charge in [0.25, 0.3) is 5.91 Å². The minimum absolute atomic E-state index is 0.0427. The van der Waals surface area contributed by atoms with E-state index in [4.69, 9.17) is 5.73 Å². The lowest BCUT2D eigenvalue weighted by atomic mass is 10.1. The highest BCUT2D eigenvalue weighted by molar-refractivity contribution is 6.41. The van der Waals surface area contributed by atoms with Gasteiger partial charge in [-0.3, -0.25) is 24.2 Å². The second kappa shape index (κ2) is 7.35. The highest BCUT2D eigenvalue weighted by Crippen LogP contribution is 2.24. The number of amides is 1. The Morgan fingerprint density at radius 3 is 2.50 bits per heavy atom. The van der Waals surface area contributed by atoms with Crippen LogP contribution in [-0.4, -0.2) is 34.2 Å². The lowest BCUT2D eigenvalue weighted by Crippen LogP contribution is -2.39. The Hall–Kier alpha value is -3.22. The van der Waals surface area contributed by atoms with Crippen molar-refractivity contribution in [2.24, 2.45) is 15.8 Å². The zero-order chi connectivity index (χ0) is 18.7. The molecule has 26 heavy (non-hydrogen) atoms. The van der Waals surface area contributed by atoms with Crippen molar-refractivity contribution < 1.29 is 9.59 Å². The number of anilines is 1. The van der Waals surface area contributed by atoms with Gasteiger partial charge >= 0.3 is 0 Å². The maximum absolute atomic E-state index is 13.0.